The van der Waals surface area contributed by atoms with Crippen LogP contribution < -0.4 is 5.56 Å². The largest absolute Gasteiger partial charge is 0.328 e. The second-order valence-corrected chi connectivity index (χ2v) is 3.07. The first-order chi connectivity index (χ1) is 7.11. The second kappa shape index (κ2) is 4.89. The lowest BCUT2D eigenvalue weighted by molar-refractivity contribution is 0.148. The van der Waals surface area contributed by atoms with Gasteiger partial charge in [0.25, 0.3) is 12.0 Å². The maximum atomic E-state index is 12.5. The summed E-state index contributed by atoms with van der Waals surface area (Å²) < 4.78 is 25.1. The molecule has 0 aliphatic carbocycles. The van der Waals surface area contributed by atoms with Gasteiger partial charge in [-0.1, -0.05) is 0 Å². The average molecular weight is 233 g/mol. The molecule has 1 aromatic rings. The Kier molecular flexibility index (Phi) is 3.81. The maximum Gasteiger partial charge on any atom is 0.269 e. The van der Waals surface area contributed by atoms with Crippen LogP contribution in [0.3, 0.4) is 0 Å². The van der Waals surface area contributed by atoms with Gasteiger partial charge in [0.2, 0.25) is 0 Å². The molecule has 1 aromatic heterocycles. The smallest absolute Gasteiger partial charge is 0.269 e. The fourth-order valence-electron chi connectivity index (χ4n) is 1.26. The van der Waals surface area contributed by atoms with Crippen molar-refractivity contribution >= 4 is 11.6 Å². The van der Waals surface area contributed by atoms with Crippen LogP contribution in [0.15, 0.2) is 11.0 Å². The highest BCUT2D eigenvalue weighted by Crippen LogP contribution is 2.23. The molecule has 0 spiro atoms. The molecule has 0 unspecified atom stereocenters. The van der Waals surface area contributed by atoms with Crippen molar-refractivity contribution in [2.24, 2.45) is 0 Å². The molecule has 1 rings (SSSR count). The molecule has 0 fully saturated rings. The maximum absolute atomic E-state index is 12.5. The SMILES string of the molecule is N#CCc1c[nH]c(=O)c(C(F)F)c1CCl. The van der Waals surface area contributed by atoms with Crippen molar-refractivity contribution < 1.29 is 8.78 Å². The molecule has 0 saturated heterocycles. The highest BCUT2D eigenvalue weighted by Gasteiger charge is 2.19. The van der Waals surface area contributed by atoms with E-state index < -0.39 is 17.5 Å². The summed E-state index contributed by atoms with van der Waals surface area (Å²) in [6.45, 7) is 0. The molecule has 0 aromatic carbocycles. The number of aromatic amines is 1. The highest BCUT2D eigenvalue weighted by atomic mass is 35.5. The van der Waals surface area contributed by atoms with Crippen LogP contribution in [0.1, 0.15) is 23.1 Å². The summed E-state index contributed by atoms with van der Waals surface area (Å²) in [6.07, 6.45) is -1.70. The molecule has 1 N–H and O–H groups in total. The van der Waals surface area contributed by atoms with Gasteiger partial charge in [0.1, 0.15) is 0 Å². The van der Waals surface area contributed by atoms with E-state index in [1.54, 1.807) is 0 Å². The van der Waals surface area contributed by atoms with E-state index in [2.05, 4.69) is 4.98 Å². The molecular formula is C9H7ClF2N2O. The number of alkyl halides is 3. The third-order valence-electron chi connectivity index (χ3n) is 1.96. The average Bonchev–Trinajstić information content (AvgIpc) is 2.19. The third kappa shape index (κ3) is 2.34. The van der Waals surface area contributed by atoms with E-state index in [4.69, 9.17) is 16.9 Å². The molecule has 0 amide bonds. The van der Waals surface area contributed by atoms with E-state index in [-0.39, 0.29) is 17.9 Å². The van der Waals surface area contributed by atoms with Gasteiger partial charge in [-0.25, -0.2) is 8.78 Å². The van der Waals surface area contributed by atoms with Crippen molar-refractivity contribution in [2.45, 2.75) is 18.7 Å². The molecular weight excluding hydrogens is 226 g/mol. The van der Waals surface area contributed by atoms with E-state index in [1.165, 1.54) is 6.20 Å². The van der Waals surface area contributed by atoms with Gasteiger partial charge in [0, 0.05) is 12.1 Å². The zero-order valence-corrected chi connectivity index (χ0v) is 8.31. The summed E-state index contributed by atoms with van der Waals surface area (Å²) in [4.78, 5) is 13.3. The Morgan fingerprint density at radius 2 is 2.27 bits per heavy atom. The van der Waals surface area contributed by atoms with E-state index in [0.29, 0.717) is 5.56 Å². The molecule has 3 nitrogen and oxygen atoms in total. The van der Waals surface area contributed by atoms with Crippen molar-refractivity contribution in [1.82, 2.24) is 4.98 Å². The Morgan fingerprint density at radius 3 is 2.73 bits per heavy atom. The summed E-state index contributed by atoms with van der Waals surface area (Å²) in [5.41, 5.74) is -1.11. The summed E-state index contributed by atoms with van der Waals surface area (Å²) in [7, 11) is 0. The number of hydrogen-bond acceptors (Lipinski definition) is 2. The van der Waals surface area contributed by atoms with Crippen LogP contribution in [0, 0.1) is 11.3 Å². The molecule has 0 atom stereocenters. The Bertz CT molecular complexity index is 450. The van der Waals surface area contributed by atoms with Crippen LogP contribution in [-0.4, -0.2) is 4.98 Å². The molecule has 0 aliphatic heterocycles. The molecule has 6 heteroatoms. The van der Waals surface area contributed by atoms with Crippen molar-refractivity contribution in [3.05, 3.63) is 33.2 Å². The zero-order valence-electron chi connectivity index (χ0n) is 7.56. The predicted molar refractivity (Wildman–Crippen MR) is 50.9 cm³/mol. The van der Waals surface area contributed by atoms with Crippen LogP contribution in [0.5, 0.6) is 0 Å². The first-order valence-electron chi connectivity index (χ1n) is 4.06. The Labute approximate surface area is 89.3 Å². The first-order valence-corrected chi connectivity index (χ1v) is 4.59. The molecule has 0 saturated carbocycles. The van der Waals surface area contributed by atoms with Gasteiger partial charge < -0.3 is 4.98 Å². The molecule has 0 bridgehead atoms. The fourth-order valence-corrected chi connectivity index (χ4v) is 1.57. The lowest BCUT2D eigenvalue weighted by Crippen LogP contribution is -2.17. The van der Waals surface area contributed by atoms with E-state index in [1.807, 2.05) is 6.07 Å². The standard InChI is InChI=1S/C9H7ClF2N2O/c10-3-6-5(1-2-13)4-14-9(15)7(6)8(11)12/h4,8H,1,3H2,(H,14,15). The Hall–Kier alpha value is -1.41. The number of nitrogens with one attached hydrogen (secondary N) is 1. The van der Waals surface area contributed by atoms with Crippen molar-refractivity contribution in [3.8, 4) is 6.07 Å². The number of halogens is 3. The Balaban J connectivity index is 3.41. The van der Waals surface area contributed by atoms with E-state index >= 15 is 0 Å². The van der Waals surface area contributed by atoms with Crippen LogP contribution >= 0.6 is 11.6 Å². The van der Waals surface area contributed by atoms with Crippen molar-refractivity contribution in [2.75, 3.05) is 0 Å². The molecule has 0 radical (unpaired) electrons. The van der Waals surface area contributed by atoms with Crippen molar-refractivity contribution in [3.63, 3.8) is 0 Å². The minimum absolute atomic E-state index is 0.0527. The number of nitrogens with zero attached hydrogens (tertiary/aromatic N) is 1. The van der Waals surface area contributed by atoms with Crippen LogP contribution in [0.2, 0.25) is 0 Å². The summed E-state index contributed by atoms with van der Waals surface area (Å²) in [6, 6.07) is 1.82. The molecule has 1 heterocycles. The minimum atomic E-state index is -2.89. The quantitative estimate of drug-likeness (QED) is 0.812. The lowest BCUT2D eigenvalue weighted by Gasteiger charge is -2.08. The molecule has 15 heavy (non-hydrogen) atoms. The topological polar surface area (TPSA) is 56.6 Å². The summed E-state index contributed by atoms with van der Waals surface area (Å²) in [5, 5.41) is 8.47. The fraction of sp³-hybridized carbons (Fsp3) is 0.333. The minimum Gasteiger partial charge on any atom is -0.328 e. The molecule has 0 aliphatic rings. The van der Waals surface area contributed by atoms with Gasteiger partial charge >= 0.3 is 0 Å². The number of pyridine rings is 1. The van der Waals surface area contributed by atoms with Gasteiger partial charge in [0.15, 0.2) is 0 Å². The van der Waals surface area contributed by atoms with E-state index in [0.717, 1.165) is 0 Å². The normalized spacial score (nSPS) is 10.3. The van der Waals surface area contributed by atoms with Crippen LogP contribution in [0.25, 0.3) is 0 Å². The number of aromatic nitrogens is 1. The number of nitriles is 1. The second-order valence-electron chi connectivity index (χ2n) is 2.80. The Morgan fingerprint density at radius 1 is 1.60 bits per heavy atom. The lowest BCUT2D eigenvalue weighted by atomic mass is 10.0. The van der Waals surface area contributed by atoms with Crippen molar-refractivity contribution in [1.29, 1.82) is 5.26 Å². The number of rotatable bonds is 3. The number of H-pyrrole nitrogens is 1. The number of hydrogen-bond donors (Lipinski definition) is 1. The molecule has 80 valence electrons. The van der Waals surface area contributed by atoms with Gasteiger partial charge in [-0.15, -0.1) is 11.6 Å². The highest BCUT2D eigenvalue weighted by molar-refractivity contribution is 6.17. The third-order valence-corrected chi connectivity index (χ3v) is 2.22. The van der Waals surface area contributed by atoms with Gasteiger partial charge in [-0.2, -0.15) is 5.26 Å². The monoisotopic (exact) mass is 232 g/mol. The predicted octanol–water partition coefficient (Wildman–Crippen LogP) is 2.12. The van der Waals surface area contributed by atoms with Crippen LogP contribution in [-0.2, 0) is 12.3 Å². The van der Waals surface area contributed by atoms with Crippen LogP contribution in [0.4, 0.5) is 8.78 Å². The van der Waals surface area contributed by atoms with Gasteiger partial charge in [-0.3, -0.25) is 4.79 Å². The van der Waals surface area contributed by atoms with E-state index in [9.17, 15) is 13.6 Å². The summed E-state index contributed by atoms with van der Waals surface area (Å²) >= 11 is 5.49. The summed E-state index contributed by atoms with van der Waals surface area (Å²) in [5.74, 6) is -0.208. The van der Waals surface area contributed by atoms with Gasteiger partial charge in [0.05, 0.1) is 18.1 Å². The first kappa shape index (κ1) is 11.7. The van der Waals surface area contributed by atoms with Gasteiger partial charge in [-0.05, 0) is 11.1 Å². The zero-order chi connectivity index (χ0) is 11.4.